The molecule has 1 amide bonds. The molecule has 0 saturated carbocycles. The van der Waals surface area contributed by atoms with Crippen LogP contribution in [0.4, 0.5) is 0 Å². The lowest BCUT2D eigenvalue weighted by molar-refractivity contribution is -0.124. The van der Waals surface area contributed by atoms with Gasteiger partial charge in [0.15, 0.2) is 0 Å². The van der Waals surface area contributed by atoms with E-state index in [1.54, 1.807) is 0 Å². The topological polar surface area (TPSA) is 67.6 Å². The van der Waals surface area contributed by atoms with Crippen molar-refractivity contribution >= 4 is 42.3 Å². The van der Waals surface area contributed by atoms with E-state index in [1.807, 2.05) is 31.2 Å². The molecule has 1 saturated heterocycles. The van der Waals surface area contributed by atoms with Crippen LogP contribution in [0, 0.1) is 5.92 Å². The molecule has 1 aromatic carbocycles. The van der Waals surface area contributed by atoms with Crippen molar-refractivity contribution in [1.82, 2.24) is 10.2 Å². The van der Waals surface area contributed by atoms with Crippen molar-refractivity contribution in [3.63, 3.8) is 0 Å². The number of hydrogen-bond donors (Lipinski definition) is 2. The summed E-state index contributed by atoms with van der Waals surface area (Å²) in [6, 6.07) is 7.92. The van der Waals surface area contributed by atoms with Crippen LogP contribution in [0.25, 0.3) is 0 Å². The number of rotatable bonds is 6. The van der Waals surface area contributed by atoms with Crippen LogP contribution < -0.4 is 11.1 Å². The van der Waals surface area contributed by atoms with Crippen LogP contribution >= 0.6 is 36.4 Å². The third-order valence-corrected chi connectivity index (χ3v) is 4.26. The van der Waals surface area contributed by atoms with E-state index in [4.69, 9.17) is 22.1 Å². The van der Waals surface area contributed by atoms with Gasteiger partial charge in [-0.3, -0.25) is 9.69 Å². The van der Waals surface area contributed by atoms with Crippen LogP contribution in [0.1, 0.15) is 18.5 Å². The summed E-state index contributed by atoms with van der Waals surface area (Å²) in [5, 5.41) is 3.72. The average Bonchev–Trinajstić information content (AvgIpc) is 2.56. The van der Waals surface area contributed by atoms with E-state index in [9.17, 15) is 4.79 Å². The number of nitrogens with two attached hydrogens (primary N) is 1. The Hall–Kier alpha value is -0.560. The molecule has 0 bridgehead atoms. The molecule has 0 radical (unpaired) electrons. The second kappa shape index (κ2) is 11.9. The molecule has 2 atom stereocenters. The number of halogens is 3. The zero-order valence-electron chi connectivity index (χ0n) is 13.7. The molecule has 8 heteroatoms. The number of nitrogens with one attached hydrogen (secondary N) is 1. The number of ether oxygens (including phenoxy) is 1. The molecule has 5 nitrogen and oxygen atoms in total. The van der Waals surface area contributed by atoms with E-state index in [0.717, 1.165) is 31.9 Å². The van der Waals surface area contributed by atoms with Gasteiger partial charge in [0.05, 0.1) is 19.3 Å². The Balaban J connectivity index is 0.00000264. The van der Waals surface area contributed by atoms with Crippen LogP contribution in [-0.2, 0) is 9.53 Å². The molecule has 0 aliphatic carbocycles. The van der Waals surface area contributed by atoms with Crippen molar-refractivity contribution < 1.29 is 9.53 Å². The normalized spacial score (nSPS) is 17.1. The van der Waals surface area contributed by atoms with Gasteiger partial charge < -0.3 is 15.8 Å². The van der Waals surface area contributed by atoms with Crippen LogP contribution in [0.5, 0.6) is 0 Å². The molecule has 1 aliphatic heterocycles. The Labute approximate surface area is 161 Å². The maximum Gasteiger partial charge on any atom is 0.224 e. The summed E-state index contributed by atoms with van der Waals surface area (Å²) in [5.41, 5.74) is 6.69. The smallest absolute Gasteiger partial charge is 0.224 e. The molecule has 0 spiro atoms. The van der Waals surface area contributed by atoms with E-state index < -0.39 is 0 Å². The number of carbonyl (C=O) groups is 1. The monoisotopic (exact) mass is 397 g/mol. The standard InChI is InChI=1S/C16H24ClN3O2.2ClH/c1-12(10-18)16(21)19-11-15(20-6-8-22-9-7-20)13-2-4-14(17)5-3-13;;/h2-5,12,15H,6-11,18H2,1H3,(H,19,21);2*1H. The van der Waals surface area contributed by atoms with Gasteiger partial charge in [-0.05, 0) is 17.7 Å². The molecule has 0 aromatic heterocycles. The van der Waals surface area contributed by atoms with Gasteiger partial charge in [-0.1, -0.05) is 30.7 Å². The summed E-state index contributed by atoms with van der Waals surface area (Å²) in [6.45, 7) is 5.90. The number of carbonyl (C=O) groups excluding carboxylic acids is 1. The SMILES string of the molecule is CC(CN)C(=O)NCC(c1ccc(Cl)cc1)N1CCOCC1.Cl.Cl. The lowest BCUT2D eigenvalue weighted by Gasteiger charge is -2.35. The fourth-order valence-corrected chi connectivity index (χ4v) is 2.64. The first-order valence-corrected chi connectivity index (χ1v) is 8.04. The number of benzene rings is 1. The molecule has 2 unspecified atom stereocenters. The molecule has 3 N–H and O–H groups in total. The number of nitrogens with zero attached hydrogens (tertiary/aromatic N) is 1. The second-order valence-corrected chi connectivity index (χ2v) is 6.03. The first kappa shape index (κ1) is 23.4. The van der Waals surface area contributed by atoms with E-state index in [2.05, 4.69) is 10.2 Å². The summed E-state index contributed by atoms with van der Waals surface area (Å²) in [4.78, 5) is 14.3. The van der Waals surface area contributed by atoms with Gasteiger partial charge >= 0.3 is 0 Å². The summed E-state index contributed by atoms with van der Waals surface area (Å²) < 4.78 is 5.42. The summed E-state index contributed by atoms with van der Waals surface area (Å²) in [6.07, 6.45) is 0. The van der Waals surface area contributed by atoms with E-state index in [-0.39, 0.29) is 42.7 Å². The largest absolute Gasteiger partial charge is 0.379 e. The van der Waals surface area contributed by atoms with Crippen molar-refractivity contribution in [2.24, 2.45) is 11.7 Å². The van der Waals surface area contributed by atoms with Crippen molar-refractivity contribution in [1.29, 1.82) is 0 Å². The number of hydrogen-bond acceptors (Lipinski definition) is 4. The van der Waals surface area contributed by atoms with Gasteiger partial charge in [0.2, 0.25) is 5.91 Å². The predicted molar refractivity (Wildman–Crippen MR) is 102 cm³/mol. The summed E-state index contributed by atoms with van der Waals surface area (Å²) in [5.74, 6) is -0.176. The molecule has 2 rings (SSSR count). The fraction of sp³-hybridized carbons (Fsp3) is 0.562. The van der Waals surface area contributed by atoms with Crippen LogP contribution in [0.3, 0.4) is 0 Å². The minimum Gasteiger partial charge on any atom is -0.379 e. The van der Waals surface area contributed by atoms with Gasteiger partial charge in [0.1, 0.15) is 0 Å². The quantitative estimate of drug-likeness (QED) is 0.771. The molecule has 138 valence electrons. The highest BCUT2D eigenvalue weighted by Crippen LogP contribution is 2.23. The van der Waals surface area contributed by atoms with E-state index in [0.29, 0.717) is 18.1 Å². The minimum absolute atomic E-state index is 0. The first-order chi connectivity index (χ1) is 10.6. The number of amides is 1. The maximum absolute atomic E-state index is 12.0. The Morgan fingerprint density at radius 3 is 2.42 bits per heavy atom. The second-order valence-electron chi connectivity index (χ2n) is 5.60. The molecule has 1 aliphatic rings. The fourth-order valence-electron chi connectivity index (χ4n) is 2.51. The van der Waals surface area contributed by atoms with Crippen molar-refractivity contribution in [3.05, 3.63) is 34.9 Å². The van der Waals surface area contributed by atoms with Gasteiger partial charge in [-0.15, -0.1) is 24.8 Å². The highest BCUT2D eigenvalue weighted by Gasteiger charge is 2.23. The van der Waals surface area contributed by atoms with Crippen LogP contribution in [0.15, 0.2) is 24.3 Å². The summed E-state index contributed by atoms with van der Waals surface area (Å²) >= 11 is 5.97. The first-order valence-electron chi connectivity index (χ1n) is 7.67. The third-order valence-electron chi connectivity index (χ3n) is 4.01. The molecule has 1 heterocycles. The predicted octanol–water partition coefficient (Wildman–Crippen LogP) is 2.27. The molecule has 24 heavy (non-hydrogen) atoms. The lowest BCUT2D eigenvalue weighted by atomic mass is 10.0. The van der Waals surface area contributed by atoms with E-state index in [1.165, 1.54) is 0 Å². The Kier molecular flexibility index (Phi) is 11.6. The minimum atomic E-state index is -0.171. The van der Waals surface area contributed by atoms with Crippen molar-refractivity contribution in [2.75, 3.05) is 39.4 Å². The van der Waals surface area contributed by atoms with Crippen molar-refractivity contribution in [3.8, 4) is 0 Å². The van der Waals surface area contributed by atoms with Gasteiger partial charge in [-0.2, -0.15) is 0 Å². The molecule has 1 aromatic rings. The molecular formula is C16H26Cl3N3O2. The lowest BCUT2D eigenvalue weighted by Crippen LogP contribution is -2.45. The molecular weight excluding hydrogens is 373 g/mol. The Morgan fingerprint density at radius 1 is 1.29 bits per heavy atom. The van der Waals surface area contributed by atoms with Crippen LogP contribution in [0.2, 0.25) is 5.02 Å². The molecule has 1 fully saturated rings. The van der Waals surface area contributed by atoms with E-state index >= 15 is 0 Å². The Morgan fingerprint density at radius 2 is 1.88 bits per heavy atom. The maximum atomic E-state index is 12.0. The number of morpholine rings is 1. The zero-order chi connectivity index (χ0) is 15.9. The van der Waals surface area contributed by atoms with Gasteiger partial charge in [-0.25, -0.2) is 0 Å². The third kappa shape index (κ3) is 6.75. The highest BCUT2D eigenvalue weighted by atomic mass is 35.5. The zero-order valence-corrected chi connectivity index (χ0v) is 16.1. The van der Waals surface area contributed by atoms with Gasteiger partial charge in [0.25, 0.3) is 0 Å². The van der Waals surface area contributed by atoms with Crippen LogP contribution in [-0.4, -0.2) is 50.2 Å². The summed E-state index contributed by atoms with van der Waals surface area (Å²) in [7, 11) is 0. The van der Waals surface area contributed by atoms with Gasteiger partial charge in [0, 0.05) is 37.1 Å². The highest BCUT2D eigenvalue weighted by molar-refractivity contribution is 6.30. The average molecular weight is 399 g/mol. The van der Waals surface area contributed by atoms with Crippen molar-refractivity contribution in [2.45, 2.75) is 13.0 Å². The Bertz CT molecular complexity index is 482.